The largest absolute Gasteiger partial charge is 0.457 e. The number of hydrogen-bond donors (Lipinski definition) is 1. The molecule has 236 valence electrons. The van der Waals surface area contributed by atoms with Gasteiger partial charge in [-0.05, 0) is 86.0 Å². The van der Waals surface area contributed by atoms with E-state index in [1.54, 1.807) is 73.7 Å². The van der Waals surface area contributed by atoms with Crippen LogP contribution in [0.4, 0.5) is 10.1 Å². The lowest BCUT2D eigenvalue weighted by Gasteiger charge is -2.33. The zero-order valence-electron chi connectivity index (χ0n) is 25.6. The molecule has 0 heterocycles. The van der Waals surface area contributed by atoms with Gasteiger partial charge in [-0.25, -0.2) is 12.8 Å². The summed E-state index contributed by atoms with van der Waals surface area (Å²) in [5.41, 5.74) is 0.839. The average Bonchev–Trinajstić information content (AvgIpc) is 3.05. The molecule has 4 aromatic rings. The number of ether oxygens (including phenoxy) is 1. The van der Waals surface area contributed by atoms with Gasteiger partial charge < -0.3 is 15.0 Å². The summed E-state index contributed by atoms with van der Waals surface area (Å²) >= 11 is 0. The Hall–Kier alpha value is -4.70. The van der Waals surface area contributed by atoms with Crippen molar-refractivity contribution in [2.75, 3.05) is 10.8 Å². The fraction of sp³-hybridized carbons (Fsp3) is 0.257. The van der Waals surface area contributed by atoms with Crippen molar-refractivity contribution < 1.29 is 27.1 Å². The Morgan fingerprint density at radius 2 is 1.38 bits per heavy atom. The maximum Gasteiger partial charge on any atom is 0.264 e. The Labute approximate surface area is 264 Å². The molecule has 2 atom stereocenters. The summed E-state index contributed by atoms with van der Waals surface area (Å²) in [6, 6.07) is 28.0. The highest BCUT2D eigenvalue weighted by Crippen LogP contribution is 2.28. The molecule has 45 heavy (non-hydrogen) atoms. The molecule has 1 N–H and O–H groups in total. The zero-order valence-corrected chi connectivity index (χ0v) is 26.4. The molecule has 0 fully saturated rings. The van der Waals surface area contributed by atoms with Crippen LogP contribution in [0, 0.1) is 5.82 Å². The third-order valence-corrected chi connectivity index (χ3v) is 9.15. The number of sulfonamides is 1. The minimum atomic E-state index is -4.21. The fourth-order valence-corrected chi connectivity index (χ4v) is 6.14. The molecule has 0 aliphatic heterocycles. The first-order valence-electron chi connectivity index (χ1n) is 14.9. The lowest BCUT2D eigenvalue weighted by molar-refractivity contribution is -0.140. The highest BCUT2D eigenvalue weighted by atomic mass is 32.2. The predicted molar refractivity (Wildman–Crippen MR) is 173 cm³/mol. The van der Waals surface area contributed by atoms with E-state index in [1.807, 2.05) is 32.0 Å². The lowest BCUT2D eigenvalue weighted by Crippen LogP contribution is -2.53. The van der Waals surface area contributed by atoms with Crippen molar-refractivity contribution in [3.63, 3.8) is 0 Å². The molecular formula is C35H38FN3O5S. The van der Waals surface area contributed by atoms with Crippen molar-refractivity contribution in [2.24, 2.45) is 0 Å². The van der Waals surface area contributed by atoms with Gasteiger partial charge >= 0.3 is 0 Å². The third-order valence-electron chi connectivity index (χ3n) is 7.37. The molecule has 0 aliphatic carbocycles. The van der Waals surface area contributed by atoms with Crippen molar-refractivity contribution in [2.45, 2.75) is 57.1 Å². The van der Waals surface area contributed by atoms with Gasteiger partial charge in [-0.1, -0.05) is 62.4 Å². The third kappa shape index (κ3) is 8.69. The molecule has 4 aromatic carbocycles. The molecule has 0 bridgehead atoms. The Morgan fingerprint density at radius 3 is 1.96 bits per heavy atom. The van der Waals surface area contributed by atoms with Crippen LogP contribution in [0.3, 0.4) is 0 Å². The number of carbonyl (C=O) groups is 2. The number of benzene rings is 4. The predicted octanol–water partition coefficient (Wildman–Crippen LogP) is 6.54. The van der Waals surface area contributed by atoms with E-state index < -0.39 is 34.3 Å². The van der Waals surface area contributed by atoms with E-state index in [2.05, 4.69) is 5.32 Å². The molecule has 4 rings (SSSR count). The Morgan fingerprint density at radius 1 is 0.800 bits per heavy atom. The molecule has 0 radical (unpaired) electrons. The first-order valence-corrected chi connectivity index (χ1v) is 16.3. The molecular weight excluding hydrogens is 593 g/mol. The Bertz CT molecular complexity index is 1650. The van der Waals surface area contributed by atoms with Crippen LogP contribution in [0.1, 0.15) is 39.2 Å². The standard InChI is InChI=1S/C35H38FN3O5S/c1-4-26(3)37-35(41)33(5-2)38(24-27-16-18-28(36)19-17-27)34(40)25-39(45(42,43)32-14-10-7-11-15-32)29-20-22-31(23-21-29)44-30-12-8-6-9-13-30/h6-23,26,33H,4-5,24-25H2,1-3H3,(H,37,41)/t26-,33+/m1/s1. The first-order chi connectivity index (χ1) is 21.6. The van der Waals surface area contributed by atoms with Gasteiger partial charge in [0.15, 0.2) is 0 Å². The van der Waals surface area contributed by atoms with Crippen LogP contribution in [-0.4, -0.2) is 43.8 Å². The fourth-order valence-electron chi connectivity index (χ4n) is 4.70. The smallest absolute Gasteiger partial charge is 0.264 e. The van der Waals surface area contributed by atoms with Gasteiger partial charge in [0.25, 0.3) is 10.0 Å². The minimum absolute atomic E-state index is 0.00838. The second-order valence-corrected chi connectivity index (χ2v) is 12.5. The Kier molecular flexibility index (Phi) is 11.3. The van der Waals surface area contributed by atoms with Crippen LogP contribution in [0.25, 0.3) is 0 Å². The number of hydrogen-bond acceptors (Lipinski definition) is 5. The summed E-state index contributed by atoms with van der Waals surface area (Å²) in [7, 11) is -4.21. The number of halogens is 1. The van der Waals surface area contributed by atoms with Crippen LogP contribution in [0.15, 0.2) is 114 Å². The number of nitrogens with zero attached hydrogens (tertiary/aromatic N) is 2. The van der Waals surface area contributed by atoms with Gasteiger partial charge in [0.2, 0.25) is 11.8 Å². The van der Waals surface area contributed by atoms with Crippen molar-refractivity contribution >= 4 is 27.5 Å². The number of amides is 2. The monoisotopic (exact) mass is 631 g/mol. The van der Waals surface area contributed by atoms with Gasteiger partial charge in [-0.3, -0.25) is 13.9 Å². The number of para-hydroxylation sites is 1. The van der Waals surface area contributed by atoms with Crippen molar-refractivity contribution in [1.82, 2.24) is 10.2 Å². The molecule has 0 aromatic heterocycles. The van der Waals surface area contributed by atoms with Crippen molar-refractivity contribution in [3.8, 4) is 11.5 Å². The molecule has 0 unspecified atom stereocenters. The molecule has 10 heteroatoms. The number of carbonyl (C=O) groups excluding carboxylic acids is 2. The Balaban J connectivity index is 1.71. The summed E-state index contributed by atoms with van der Waals surface area (Å²) in [5, 5.41) is 2.94. The molecule has 0 saturated heterocycles. The van der Waals surface area contributed by atoms with Gasteiger partial charge in [0.05, 0.1) is 10.6 Å². The van der Waals surface area contributed by atoms with Crippen LogP contribution in [-0.2, 0) is 26.2 Å². The van der Waals surface area contributed by atoms with E-state index in [4.69, 9.17) is 4.74 Å². The maximum atomic E-state index is 14.2. The van der Waals surface area contributed by atoms with Crippen LogP contribution in [0.2, 0.25) is 0 Å². The summed E-state index contributed by atoms with van der Waals surface area (Å²) in [6.45, 7) is 5.00. The van der Waals surface area contributed by atoms with E-state index in [0.717, 1.165) is 4.31 Å². The van der Waals surface area contributed by atoms with E-state index in [0.29, 0.717) is 23.5 Å². The van der Waals surface area contributed by atoms with Gasteiger partial charge in [0.1, 0.15) is 29.9 Å². The van der Waals surface area contributed by atoms with Crippen molar-refractivity contribution in [3.05, 3.63) is 121 Å². The number of nitrogens with one attached hydrogen (secondary N) is 1. The second-order valence-electron chi connectivity index (χ2n) is 10.6. The zero-order chi connectivity index (χ0) is 32.4. The summed E-state index contributed by atoms with van der Waals surface area (Å²) in [4.78, 5) is 28.9. The van der Waals surface area contributed by atoms with Gasteiger partial charge in [-0.2, -0.15) is 0 Å². The van der Waals surface area contributed by atoms with Crippen molar-refractivity contribution in [1.29, 1.82) is 0 Å². The number of rotatable bonds is 14. The van der Waals surface area contributed by atoms with Crippen LogP contribution in [0.5, 0.6) is 11.5 Å². The highest BCUT2D eigenvalue weighted by molar-refractivity contribution is 7.92. The first kappa shape index (κ1) is 33.2. The van der Waals surface area contributed by atoms with E-state index in [-0.39, 0.29) is 35.5 Å². The lowest BCUT2D eigenvalue weighted by atomic mass is 10.1. The van der Waals surface area contributed by atoms with E-state index in [9.17, 15) is 22.4 Å². The SMILES string of the molecule is CC[C@@H](C)NC(=O)[C@H](CC)N(Cc1ccc(F)cc1)C(=O)CN(c1ccc(Oc2ccccc2)cc1)S(=O)(=O)c1ccccc1. The molecule has 0 saturated carbocycles. The average molecular weight is 632 g/mol. The second kappa shape index (κ2) is 15.3. The molecule has 0 spiro atoms. The topological polar surface area (TPSA) is 96.0 Å². The maximum absolute atomic E-state index is 14.2. The van der Waals surface area contributed by atoms with E-state index >= 15 is 0 Å². The summed E-state index contributed by atoms with van der Waals surface area (Å²) < 4.78 is 48.7. The van der Waals surface area contributed by atoms with Crippen LogP contribution < -0.4 is 14.4 Å². The summed E-state index contributed by atoms with van der Waals surface area (Å²) in [5.74, 6) is -0.263. The molecule has 0 aliphatic rings. The minimum Gasteiger partial charge on any atom is -0.457 e. The number of anilines is 1. The summed E-state index contributed by atoms with van der Waals surface area (Å²) in [6.07, 6.45) is 0.979. The molecule has 2 amide bonds. The normalized spacial score (nSPS) is 12.5. The van der Waals surface area contributed by atoms with Gasteiger partial charge in [-0.15, -0.1) is 0 Å². The molecule has 8 nitrogen and oxygen atoms in total. The van der Waals surface area contributed by atoms with Crippen LogP contribution >= 0.6 is 0 Å². The highest BCUT2D eigenvalue weighted by Gasteiger charge is 2.34. The van der Waals surface area contributed by atoms with E-state index in [1.165, 1.54) is 29.2 Å². The quantitative estimate of drug-likeness (QED) is 0.171. The van der Waals surface area contributed by atoms with Gasteiger partial charge in [0, 0.05) is 12.6 Å².